The van der Waals surface area contributed by atoms with Gasteiger partial charge < -0.3 is 4.79 Å². The molecule has 1 aromatic rings. The number of aryl methyl sites for hydroxylation is 1. The van der Waals surface area contributed by atoms with E-state index in [1.807, 2.05) is 0 Å². The van der Waals surface area contributed by atoms with Crippen LogP contribution in [0.4, 0.5) is 0 Å². The molecular weight excluding hydrogens is 232 g/mol. The zero-order valence-corrected chi connectivity index (χ0v) is 12.5. The molecule has 1 rings (SSSR count). The summed E-state index contributed by atoms with van der Waals surface area (Å²) in [5.41, 5.74) is 2.56. The Bertz CT molecular complexity index is 339. The lowest BCUT2D eigenvalue weighted by molar-refractivity contribution is -0.109. The topological polar surface area (TPSA) is 17.1 Å². The van der Waals surface area contributed by atoms with Gasteiger partial charge >= 0.3 is 0 Å². The predicted molar refractivity (Wildman–Crippen MR) is 82.6 cm³/mol. The molecule has 0 heterocycles. The Morgan fingerprint density at radius 3 is 2.16 bits per heavy atom. The first kappa shape index (κ1) is 15.9. The number of aldehydes is 1. The summed E-state index contributed by atoms with van der Waals surface area (Å²) in [6.07, 6.45) is 11.2. The standard InChI is InChI=1S/C18H28O/c1-3-5-6-7-8-9-10-16-11-13-18(14-12-16)17(4-2)15-19/h11-15,17H,3-10H2,1-2H3. The molecule has 19 heavy (non-hydrogen) atoms. The number of hydrogen-bond acceptors (Lipinski definition) is 1. The maximum Gasteiger partial charge on any atom is 0.127 e. The zero-order chi connectivity index (χ0) is 13.9. The molecule has 0 fully saturated rings. The van der Waals surface area contributed by atoms with Crippen LogP contribution in [-0.4, -0.2) is 6.29 Å². The summed E-state index contributed by atoms with van der Waals surface area (Å²) in [5.74, 6) is 0.0723. The molecule has 0 saturated carbocycles. The van der Waals surface area contributed by atoms with Crippen LogP contribution in [0, 0.1) is 0 Å². The summed E-state index contributed by atoms with van der Waals surface area (Å²) >= 11 is 0. The first-order valence-electron chi connectivity index (χ1n) is 7.86. The van der Waals surface area contributed by atoms with Crippen molar-refractivity contribution in [1.82, 2.24) is 0 Å². The van der Waals surface area contributed by atoms with E-state index in [2.05, 4.69) is 38.1 Å². The summed E-state index contributed by atoms with van der Waals surface area (Å²) in [6.45, 7) is 4.31. The van der Waals surface area contributed by atoms with E-state index in [9.17, 15) is 4.79 Å². The summed E-state index contributed by atoms with van der Waals surface area (Å²) in [5, 5.41) is 0. The van der Waals surface area contributed by atoms with E-state index in [4.69, 9.17) is 0 Å². The summed E-state index contributed by atoms with van der Waals surface area (Å²) < 4.78 is 0. The second-order valence-electron chi connectivity index (χ2n) is 5.41. The molecule has 0 aliphatic carbocycles. The molecule has 0 amide bonds. The van der Waals surface area contributed by atoms with Crippen LogP contribution in [-0.2, 0) is 11.2 Å². The Labute approximate surface area is 118 Å². The largest absolute Gasteiger partial charge is 0.303 e. The Kier molecular flexibility index (Phi) is 8.20. The highest BCUT2D eigenvalue weighted by molar-refractivity contribution is 5.61. The van der Waals surface area contributed by atoms with Crippen molar-refractivity contribution in [3.05, 3.63) is 35.4 Å². The van der Waals surface area contributed by atoms with Gasteiger partial charge in [-0.3, -0.25) is 0 Å². The number of unbranched alkanes of at least 4 members (excludes halogenated alkanes) is 5. The minimum atomic E-state index is 0.0723. The molecule has 0 radical (unpaired) electrons. The van der Waals surface area contributed by atoms with E-state index in [1.165, 1.54) is 50.5 Å². The molecule has 1 unspecified atom stereocenters. The van der Waals surface area contributed by atoms with Crippen molar-refractivity contribution in [3.63, 3.8) is 0 Å². The summed E-state index contributed by atoms with van der Waals surface area (Å²) in [6, 6.07) is 8.62. The van der Waals surface area contributed by atoms with Crippen LogP contribution in [0.1, 0.15) is 75.8 Å². The number of carbonyl (C=O) groups excluding carboxylic acids is 1. The smallest absolute Gasteiger partial charge is 0.127 e. The van der Waals surface area contributed by atoms with Crippen molar-refractivity contribution in [2.75, 3.05) is 0 Å². The molecule has 0 aliphatic rings. The predicted octanol–water partition coefficient (Wildman–Crippen LogP) is 5.28. The van der Waals surface area contributed by atoms with Gasteiger partial charge in [-0.05, 0) is 30.4 Å². The quantitative estimate of drug-likeness (QED) is 0.413. The van der Waals surface area contributed by atoms with Gasteiger partial charge in [-0.1, -0.05) is 70.2 Å². The average Bonchev–Trinajstić information content (AvgIpc) is 2.45. The Morgan fingerprint density at radius 2 is 1.58 bits per heavy atom. The third-order valence-electron chi connectivity index (χ3n) is 3.83. The molecule has 1 heteroatoms. The number of hydrogen-bond donors (Lipinski definition) is 0. The zero-order valence-electron chi connectivity index (χ0n) is 12.5. The van der Waals surface area contributed by atoms with Crippen molar-refractivity contribution in [2.45, 2.75) is 71.1 Å². The van der Waals surface area contributed by atoms with Gasteiger partial charge in [-0.15, -0.1) is 0 Å². The third kappa shape index (κ3) is 6.04. The van der Waals surface area contributed by atoms with Crippen LogP contribution in [0.25, 0.3) is 0 Å². The molecule has 0 bridgehead atoms. The van der Waals surface area contributed by atoms with Crippen LogP contribution in [0.5, 0.6) is 0 Å². The van der Waals surface area contributed by atoms with E-state index < -0.39 is 0 Å². The Balaban J connectivity index is 2.30. The molecular formula is C18H28O. The van der Waals surface area contributed by atoms with Gasteiger partial charge in [0.2, 0.25) is 0 Å². The van der Waals surface area contributed by atoms with Crippen molar-refractivity contribution in [1.29, 1.82) is 0 Å². The van der Waals surface area contributed by atoms with Gasteiger partial charge in [0.15, 0.2) is 0 Å². The molecule has 0 aromatic heterocycles. The van der Waals surface area contributed by atoms with Crippen LogP contribution >= 0.6 is 0 Å². The second kappa shape index (κ2) is 9.77. The highest BCUT2D eigenvalue weighted by Gasteiger charge is 2.06. The first-order chi connectivity index (χ1) is 9.31. The Hall–Kier alpha value is -1.11. The summed E-state index contributed by atoms with van der Waals surface area (Å²) in [4.78, 5) is 10.9. The van der Waals surface area contributed by atoms with Crippen molar-refractivity contribution in [2.24, 2.45) is 0 Å². The minimum Gasteiger partial charge on any atom is -0.303 e. The first-order valence-corrected chi connectivity index (χ1v) is 7.86. The minimum absolute atomic E-state index is 0.0723. The third-order valence-corrected chi connectivity index (χ3v) is 3.83. The van der Waals surface area contributed by atoms with Crippen molar-refractivity contribution < 1.29 is 4.79 Å². The van der Waals surface area contributed by atoms with Gasteiger partial charge in [-0.25, -0.2) is 0 Å². The fourth-order valence-corrected chi connectivity index (χ4v) is 2.45. The van der Waals surface area contributed by atoms with Crippen LogP contribution < -0.4 is 0 Å². The van der Waals surface area contributed by atoms with Crippen LogP contribution in [0.2, 0.25) is 0 Å². The van der Waals surface area contributed by atoms with Crippen molar-refractivity contribution in [3.8, 4) is 0 Å². The van der Waals surface area contributed by atoms with Gasteiger partial charge in [0, 0.05) is 5.92 Å². The maximum atomic E-state index is 10.9. The normalized spacial score (nSPS) is 12.3. The van der Waals surface area contributed by atoms with Crippen molar-refractivity contribution >= 4 is 6.29 Å². The monoisotopic (exact) mass is 260 g/mol. The number of carbonyl (C=O) groups is 1. The maximum absolute atomic E-state index is 10.9. The molecule has 0 N–H and O–H groups in total. The van der Waals surface area contributed by atoms with Gasteiger partial charge in [0.05, 0.1) is 0 Å². The van der Waals surface area contributed by atoms with Gasteiger partial charge in [0.1, 0.15) is 6.29 Å². The molecule has 1 aromatic carbocycles. The van der Waals surface area contributed by atoms with Crippen LogP contribution in [0.3, 0.4) is 0 Å². The van der Waals surface area contributed by atoms with Gasteiger partial charge in [-0.2, -0.15) is 0 Å². The lowest BCUT2D eigenvalue weighted by Gasteiger charge is -2.08. The fourth-order valence-electron chi connectivity index (χ4n) is 2.45. The Morgan fingerprint density at radius 1 is 0.947 bits per heavy atom. The van der Waals surface area contributed by atoms with E-state index in [0.717, 1.165) is 18.3 Å². The number of rotatable bonds is 10. The molecule has 106 valence electrons. The van der Waals surface area contributed by atoms with Crippen LogP contribution in [0.15, 0.2) is 24.3 Å². The SMILES string of the molecule is CCCCCCCCc1ccc(C(C=O)CC)cc1. The van der Waals surface area contributed by atoms with Gasteiger partial charge in [0.25, 0.3) is 0 Å². The molecule has 0 spiro atoms. The second-order valence-corrected chi connectivity index (χ2v) is 5.41. The molecule has 1 nitrogen and oxygen atoms in total. The lowest BCUT2D eigenvalue weighted by Crippen LogP contribution is -1.98. The molecule has 0 saturated heterocycles. The highest BCUT2D eigenvalue weighted by Crippen LogP contribution is 2.18. The number of benzene rings is 1. The van der Waals surface area contributed by atoms with E-state index in [1.54, 1.807) is 0 Å². The lowest BCUT2D eigenvalue weighted by atomic mass is 9.96. The fraction of sp³-hybridized carbons (Fsp3) is 0.611. The molecule has 0 aliphatic heterocycles. The average molecular weight is 260 g/mol. The molecule has 1 atom stereocenters. The van der Waals surface area contributed by atoms with E-state index in [-0.39, 0.29) is 5.92 Å². The highest BCUT2D eigenvalue weighted by atomic mass is 16.1. The summed E-state index contributed by atoms with van der Waals surface area (Å²) in [7, 11) is 0. The van der Waals surface area contributed by atoms with E-state index >= 15 is 0 Å². The van der Waals surface area contributed by atoms with E-state index in [0.29, 0.717) is 0 Å².